The van der Waals surface area contributed by atoms with Crippen LogP contribution in [0.1, 0.15) is 49.1 Å². The zero-order valence-electron chi connectivity index (χ0n) is 10.8. The SMILES string of the molecule is COC(=O)CCCNC(=O)c1n[nH]c(C(C)C)n1. The van der Waals surface area contributed by atoms with Gasteiger partial charge in [-0.3, -0.25) is 14.7 Å². The number of hydrogen-bond acceptors (Lipinski definition) is 5. The van der Waals surface area contributed by atoms with Crippen molar-refractivity contribution in [2.24, 2.45) is 0 Å². The molecule has 100 valence electrons. The number of methoxy groups -OCH3 is 1. The highest BCUT2D eigenvalue weighted by Gasteiger charge is 2.13. The molecule has 0 fully saturated rings. The molecular weight excluding hydrogens is 236 g/mol. The maximum atomic E-state index is 11.6. The Morgan fingerprint density at radius 2 is 2.17 bits per heavy atom. The van der Waals surface area contributed by atoms with Crippen LogP contribution in [0.15, 0.2) is 0 Å². The molecule has 7 heteroatoms. The Morgan fingerprint density at radius 1 is 1.44 bits per heavy atom. The van der Waals surface area contributed by atoms with E-state index >= 15 is 0 Å². The van der Waals surface area contributed by atoms with Gasteiger partial charge in [0, 0.05) is 18.9 Å². The molecule has 1 rings (SSSR count). The van der Waals surface area contributed by atoms with Crippen LogP contribution in [0.5, 0.6) is 0 Å². The van der Waals surface area contributed by atoms with Crippen LogP contribution in [0.2, 0.25) is 0 Å². The molecule has 1 heterocycles. The Hall–Kier alpha value is -1.92. The summed E-state index contributed by atoms with van der Waals surface area (Å²) in [6, 6.07) is 0. The summed E-state index contributed by atoms with van der Waals surface area (Å²) in [5.74, 6) is 0.358. The third-order valence-electron chi connectivity index (χ3n) is 2.32. The molecule has 7 nitrogen and oxygen atoms in total. The van der Waals surface area contributed by atoms with E-state index in [0.29, 0.717) is 18.8 Å². The van der Waals surface area contributed by atoms with Gasteiger partial charge in [-0.1, -0.05) is 13.8 Å². The summed E-state index contributed by atoms with van der Waals surface area (Å²) in [6.07, 6.45) is 0.807. The molecule has 0 atom stereocenters. The van der Waals surface area contributed by atoms with Crippen LogP contribution in [0, 0.1) is 0 Å². The lowest BCUT2D eigenvalue weighted by molar-refractivity contribution is -0.140. The van der Waals surface area contributed by atoms with E-state index in [2.05, 4.69) is 25.2 Å². The molecule has 0 radical (unpaired) electrons. The van der Waals surface area contributed by atoms with Crippen LogP contribution in [-0.2, 0) is 9.53 Å². The van der Waals surface area contributed by atoms with Crippen molar-refractivity contribution in [1.29, 1.82) is 0 Å². The van der Waals surface area contributed by atoms with Crippen molar-refractivity contribution >= 4 is 11.9 Å². The van der Waals surface area contributed by atoms with Gasteiger partial charge in [0.2, 0.25) is 5.82 Å². The number of amides is 1. The van der Waals surface area contributed by atoms with Crippen LogP contribution in [-0.4, -0.2) is 40.7 Å². The van der Waals surface area contributed by atoms with Crippen molar-refractivity contribution in [3.05, 3.63) is 11.6 Å². The van der Waals surface area contributed by atoms with Crippen molar-refractivity contribution in [2.45, 2.75) is 32.6 Å². The van der Waals surface area contributed by atoms with Gasteiger partial charge in [0.1, 0.15) is 5.82 Å². The standard InChI is InChI=1S/C11H18N4O3/c1-7(2)9-13-10(15-14-9)11(17)12-6-4-5-8(16)18-3/h7H,4-6H2,1-3H3,(H,12,17)(H,13,14,15). The van der Waals surface area contributed by atoms with Crippen LogP contribution >= 0.6 is 0 Å². The number of H-pyrrole nitrogens is 1. The first-order valence-electron chi connectivity index (χ1n) is 5.82. The molecule has 0 aliphatic heterocycles. The summed E-state index contributed by atoms with van der Waals surface area (Å²) in [7, 11) is 1.34. The molecule has 0 aliphatic rings. The molecule has 1 aromatic rings. The number of carbonyl (C=O) groups is 2. The van der Waals surface area contributed by atoms with Crippen molar-refractivity contribution < 1.29 is 14.3 Å². The lowest BCUT2D eigenvalue weighted by Gasteiger charge is -2.01. The minimum Gasteiger partial charge on any atom is -0.469 e. The Kier molecular flexibility index (Phi) is 5.29. The quantitative estimate of drug-likeness (QED) is 0.572. The van der Waals surface area contributed by atoms with Gasteiger partial charge in [-0.05, 0) is 6.42 Å². The molecule has 1 aromatic heterocycles. The van der Waals surface area contributed by atoms with Gasteiger partial charge in [-0.25, -0.2) is 4.98 Å². The maximum absolute atomic E-state index is 11.6. The highest BCUT2D eigenvalue weighted by atomic mass is 16.5. The number of esters is 1. The predicted molar refractivity (Wildman–Crippen MR) is 64.1 cm³/mol. The van der Waals surface area contributed by atoms with E-state index in [1.165, 1.54) is 7.11 Å². The lowest BCUT2D eigenvalue weighted by atomic mass is 10.2. The minimum absolute atomic E-state index is 0.122. The highest BCUT2D eigenvalue weighted by Crippen LogP contribution is 2.07. The number of aromatic nitrogens is 3. The lowest BCUT2D eigenvalue weighted by Crippen LogP contribution is -2.26. The Balaban J connectivity index is 2.34. The van der Waals surface area contributed by atoms with E-state index in [1.807, 2.05) is 13.8 Å². The van der Waals surface area contributed by atoms with Crippen molar-refractivity contribution in [2.75, 3.05) is 13.7 Å². The van der Waals surface area contributed by atoms with Crippen LogP contribution < -0.4 is 5.32 Å². The molecule has 18 heavy (non-hydrogen) atoms. The summed E-state index contributed by atoms with van der Waals surface area (Å²) in [5, 5.41) is 9.17. The largest absolute Gasteiger partial charge is 0.469 e. The van der Waals surface area contributed by atoms with E-state index in [-0.39, 0.29) is 30.0 Å². The number of hydrogen-bond donors (Lipinski definition) is 2. The zero-order valence-corrected chi connectivity index (χ0v) is 10.8. The van der Waals surface area contributed by atoms with Gasteiger partial charge in [-0.2, -0.15) is 0 Å². The van der Waals surface area contributed by atoms with Crippen LogP contribution in [0.25, 0.3) is 0 Å². The van der Waals surface area contributed by atoms with Crippen molar-refractivity contribution in [3.63, 3.8) is 0 Å². The average molecular weight is 254 g/mol. The Bertz CT molecular complexity index is 414. The molecule has 0 spiro atoms. The third kappa shape index (κ3) is 4.15. The fraction of sp³-hybridized carbons (Fsp3) is 0.636. The van der Waals surface area contributed by atoms with Crippen molar-refractivity contribution in [3.8, 4) is 0 Å². The summed E-state index contributed by atoms with van der Waals surface area (Å²) < 4.78 is 4.49. The predicted octanol–water partition coefficient (Wildman–Crippen LogP) is 0.611. The number of nitrogens with one attached hydrogen (secondary N) is 2. The molecule has 2 N–H and O–H groups in total. The number of nitrogens with zero attached hydrogens (tertiary/aromatic N) is 2. The zero-order chi connectivity index (χ0) is 13.5. The molecule has 0 saturated heterocycles. The normalized spacial score (nSPS) is 10.4. The van der Waals surface area contributed by atoms with Gasteiger partial charge in [-0.15, -0.1) is 5.10 Å². The number of aromatic amines is 1. The molecule has 0 unspecified atom stereocenters. The number of ether oxygens (including phenoxy) is 1. The maximum Gasteiger partial charge on any atom is 0.305 e. The van der Waals surface area contributed by atoms with E-state index in [0.717, 1.165) is 0 Å². The molecular formula is C11H18N4O3. The third-order valence-corrected chi connectivity index (χ3v) is 2.32. The first-order valence-corrected chi connectivity index (χ1v) is 5.82. The molecule has 0 aromatic carbocycles. The van der Waals surface area contributed by atoms with E-state index in [9.17, 15) is 9.59 Å². The minimum atomic E-state index is -0.344. The summed E-state index contributed by atoms with van der Waals surface area (Å²) >= 11 is 0. The summed E-state index contributed by atoms with van der Waals surface area (Å²) in [5.41, 5.74) is 0. The first-order chi connectivity index (χ1) is 8.54. The Morgan fingerprint density at radius 3 is 2.72 bits per heavy atom. The second kappa shape index (κ2) is 6.73. The molecule has 0 aliphatic carbocycles. The molecule has 0 bridgehead atoms. The van der Waals surface area contributed by atoms with Gasteiger partial charge in [0.15, 0.2) is 0 Å². The van der Waals surface area contributed by atoms with E-state index in [4.69, 9.17) is 0 Å². The second-order valence-corrected chi connectivity index (χ2v) is 4.13. The topological polar surface area (TPSA) is 97.0 Å². The van der Waals surface area contributed by atoms with Crippen LogP contribution in [0.4, 0.5) is 0 Å². The van der Waals surface area contributed by atoms with Gasteiger partial charge < -0.3 is 10.1 Å². The van der Waals surface area contributed by atoms with Gasteiger partial charge in [0.25, 0.3) is 5.91 Å². The fourth-order valence-electron chi connectivity index (χ4n) is 1.25. The smallest absolute Gasteiger partial charge is 0.305 e. The van der Waals surface area contributed by atoms with E-state index < -0.39 is 0 Å². The summed E-state index contributed by atoms with van der Waals surface area (Å²) in [4.78, 5) is 26.5. The summed E-state index contributed by atoms with van der Waals surface area (Å²) in [6.45, 7) is 4.30. The average Bonchev–Trinajstić information content (AvgIpc) is 2.83. The van der Waals surface area contributed by atoms with Gasteiger partial charge in [0.05, 0.1) is 7.11 Å². The second-order valence-electron chi connectivity index (χ2n) is 4.13. The molecule has 1 amide bonds. The fourth-order valence-corrected chi connectivity index (χ4v) is 1.25. The van der Waals surface area contributed by atoms with Gasteiger partial charge >= 0.3 is 5.97 Å². The first kappa shape index (κ1) is 14.1. The molecule has 0 saturated carbocycles. The van der Waals surface area contributed by atoms with E-state index in [1.54, 1.807) is 0 Å². The van der Waals surface area contributed by atoms with Crippen molar-refractivity contribution in [1.82, 2.24) is 20.5 Å². The number of rotatable bonds is 6. The Labute approximate surface area is 105 Å². The monoisotopic (exact) mass is 254 g/mol. The number of carbonyl (C=O) groups excluding carboxylic acids is 2. The van der Waals surface area contributed by atoms with Crippen LogP contribution in [0.3, 0.4) is 0 Å². The highest BCUT2D eigenvalue weighted by molar-refractivity contribution is 5.90.